The Morgan fingerprint density at radius 2 is 1.51 bits per heavy atom. The molecule has 3 nitrogen and oxygen atoms in total. The molecule has 12 unspecified atom stereocenters. The molecule has 0 radical (unpaired) electrons. The maximum Gasteiger partial charge on any atom is 0.123 e. The van der Waals surface area contributed by atoms with Crippen LogP contribution in [0.2, 0.25) is 0 Å². The second kappa shape index (κ2) is 13.2. The molecule has 1 saturated carbocycles. The predicted octanol–water partition coefficient (Wildman–Crippen LogP) is 11.8. The van der Waals surface area contributed by atoms with Gasteiger partial charge in [-0.2, -0.15) is 0 Å². The third-order valence-corrected chi connectivity index (χ3v) is 14.5. The predicted molar refractivity (Wildman–Crippen MR) is 217 cm³/mol. The smallest absolute Gasteiger partial charge is 0.123 e. The molecule has 6 aliphatic carbocycles. The Labute approximate surface area is 314 Å². The van der Waals surface area contributed by atoms with Crippen molar-refractivity contribution >= 4 is 27.4 Å². The molecule has 12 atom stereocenters. The fourth-order valence-electron chi connectivity index (χ4n) is 12.3. The van der Waals surface area contributed by atoms with E-state index in [0.717, 1.165) is 19.3 Å². The number of fused-ring (bicyclic) bond motifs is 7. The van der Waals surface area contributed by atoms with Crippen LogP contribution in [0.5, 0.6) is 0 Å². The zero-order valence-corrected chi connectivity index (χ0v) is 30.6. The molecule has 0 N–H and O–H groups in total. The molecular weight excluding hydrogens is 647 g/mol. The van der Waals surface area contributed by atoms with Gasteiger partial charge in [-0.3, -0.25) is 0 Å². The van der Waals surface area contributed by atoms with Crippen LogP contribution in [0.3, 0.4) is 0 Å². The fourth-order valence-corrected chi connectivity index (χ4v) is 12.3. The highest BCUT2D eigenvalue weighted by Gasteiger charge is 2.57. The van der Waals surface area contributed by atoms with Crippen molar-refractivity contribution in [2.75, 3.05) is 0 Å². The zero-order valence-electron chi connectivity index (χ0n) is 30.6. The molecule has 3 heteroatoms. The molecule has 2 saturated heterocycles. The Morgan fingerprint density at radius 1 is 0.660 bits per heavy atom. The van der Waals surface area contributed by atoms with Gasteiger partial charge in [0.1, 0.15) is 6.10 Å². The van der Waals surface area contributed by atoms with E-state index in [2.05, 4.69) is 144 Å². The lowest BCUT2D eigenvalue weighted by atomic mass is 9.51. The molecule has 11 rings (SSSR count). The van der Waals surface area contributed by atoms with Gasteiger partial charge in [-0.15, -0.1) is 0 Å². The van der Waals surface area contributed by atoms with E-state index in [1.165, 1.54) is 70.8 Å². The van der Waals surface area contributed by atoms with Gasteiger partial charge in [-0.25, -0.2) is 0 Å². The van der Waals surface area contributed by atoms with E-state index in [4.69, 9.17) is 9.47 Å². The molecule has 1 aromatic heterocycles. The number of ether oxygens (including phenoxy) is 2. The van der Waals surface area contributed by atoms with Crippen LogP contribution in [0.1, 0.15) is 63.0 Å². The Kier molecular flexibility index (Phi) is 8.00. The summed E-state index contributed by atoms with van der Waals surface area (Å²) >= 11 is 0. The van der Waals surface area contributed by atoms with E-state index in [1.54, 1.807) is 0 Å². The van der Waals surface area contributed by atoms with Crippen LogP contribution in [0.4, 0.5) is 0 Å². The van der Waals surface area contributed by atoms with Crippen LogP contribution in [-0.4, -0.2) is 22.9 Å². The molecule has 3 fully saturated rings. The third-order valence-electron chi connectivity index (χ3n) is 14.5. The number of nitrogens with zero attached hydrogens (tertiary/aromatic N) is 1. The summed E-state index contributed by atoms with van der Waals surface area (Å²) in [5.74, 6) is 5.41. The quantitative estimate of drug-likeness (QED) is 0.271. The van der Waals surface area contributed by atoms with Crippen LogP contribution in [0.15, 0.2) is 145 Å². The number of benzene rings is 2. The summed E-state index contributed by atoms with van der Waals surface area (Å²) in [5, 5.41) is 2.67. The summed E-state index contributed by atoms with van der Waals surface area (Å²) in [5.41, 5.74) is 5.23. The first-order valence-electron chi connectivity index (χ1n) is 20.8. The van der Waals surface area contributed by atoms with Gasteiger partial charge in [0.2, 0.25) is 0 Å². The lowest BCUT2D eigenvalue weighted by Gasteiger charge is -2.59. The van der Waals surface area contributed by atoms with Crippen molar-refractivity contribution in [3.63, 3.8) is 0 Å². The highest BCUT2D eigenvalue weighted by Crippen LogP contribution is 2.59. The highest BCUT2D eigenvalue weighted by molar-refractivity contribution is 6.09. The van der Waals surface area contributed by atoms with Gasteiger partial charge in [-0.05, 0) is 122 Å². The number of allylic oxidation sites excluding steroid dienone is 14. The standard InChI is InChI=1S/C50H51NO2/c1-3-14-32(15-4-1)36-21-13-25-46-49(36)50(48-38-19-8-11-23-44(38)52-45-24-12-9-20-39(45)48)40-28-26-34(31-47(40)53-46)33-27-29-43-41(30-33)37-18-7-10-22-42(37)51(43)35-16-5-2-6-17-35/h1-8,10-11,14,16,18-19,22-24,26-32,35-36,38-40,44,46-50H,9,12-13,15,17,20-21,25H2. The van der Waals surface area contributed by atoms with Gasteiger partial charge < -0.3 is 14.0 Å². The minimum atomic E-state index is 0.0819. The molecular formula is C50H51NO2. The van der Waals surface area contributed by atoms with Crippen molar-refractivity contribution in [1.82, 2.24) is 4.57 Å². The van der Waals surface area contributed by atoms with E-state index in [0.29, 0.717) is 59.5 Å². The minimum absolute atomic E-state index is 0.0819. The Hall–Kier alpha value is -4.34. The maximum absolute atomic E-state index is 7.44. The second-order valence-corrected chi connectivity index (χ2v) is 17.0. The summed E-state index contributed by atoms with van der Waals surface area (Å²) in [6.07, 6.45) is 48.0. The van der Waals surface area contributed by atoms with Crippen LogP contribution < -0.4 is 0 Å². The summed E-state index contributed by atoms with van der Waals surface area (Å²) in [6, 6.07) is 16.5. The first kappa shape index (κ1) is 32.1. The highest BCUT2D eigenvalue weighted by atomic mass is 16.5. The van der Waals surface area contributed by atoms with Crippen molar-refractivity contribution in [1.29, 1.82) is 0 Å². The SMILES string of the molecule is C1=CCC(C2CCCC3OC4C=C(c5ccc6c(c5)c5ccccc5n6C5C=CC=CC5)C=CC4C(C4C5CCCC=C5OC5C=CC=CC54)C32)C=C1. The molecule has 3 heterocycles. The van der Waals surface area contributed by atoms with Crippen LogP contribution in [-0.2, 0) is 9.47 Å². The Morgan fingerprint density at radius 3 is 2.42 bits per heavy atom. The average molecular weight is 698 g/mol. The summed E-state index contributed by atoms with van der Waals surface area (Å²) in [7, 11) is 0. The van der Waals surface area contributed by atoms with Gasteiger partial charge >= 0.3 is 0 Å². The molecule has 0 bridgehead atoms. The maximum atomic E-state index is 7.44. The molecule has 2 aliphatic heterocycles. The van der Waals surface area contributed by atoms with Crippen LogP contribution in [0.25, 0.3) is 27.4 Å². The third kappa shape index (κ3) is 5.32. The molecule has 3 aromatic rings. The number of rotatable bonds is 4. The summed E-state index contributed by atoms with van der Waals surface area (Å²) in [6.45, 7) is 0. The van der Waals surface area contributed by atoms with Gasteiger partial charge in [0.15, 0.2) is 0 Å². The molecule has 0 amide bonds. The molecule has 53 heavy (non-hydrogen) atoms. The van der Waals surface area contributed by atoms with Crippen molar-refractivity contribution in [3.8, 4) is 0 Å². The van der Waals surface area contributed by atoms with Gasteiger partial charge in [0.25, 0.3) is 0 Å². The van der Waals surface area contributed by atoms with Crippen LogP contribution in [0, 0.1) is 47.3 Å². The number of aromatic nitrogens is 1. The molecule has 0 spiro atoms. The monoisotopic (exact) mass is 697 g/mol. The topological polar surface area (TPSA) is 23.4 Å². The van der Waals surface area contributed by atoms with E-state index < -0.39 is 0 Å². The molecule has 2 aromatic carbocycles. The molecule has 268 valence electrons. The summed E-state index contributed by atoms with van der Waals surface area (Å²) in [4.78, 5) is 0. The van der Waals surface area contributed by atoms with E-state index in [-0.39, 0.29) is 12.2 Å². The van der Waals surface area contributed by atoms with Gasteiger partial charge in [-0.1, -0.05) is 110 Å². The number of hydrogen-bond donors (Lipinski definition) is 0. The lowest BCUT2D eigenvalue weighted by molar-refractivity contribution is -0.184. The minimum Gasteiger partial charge on any atom is -0.490 e. The average Bonchev–Trinajstić information content (AvgIpc) is 3.56. The molecule has 8 aliphatic rings. The lowest BCUT2D eigenvalue weighted by Crippen LogP contribution is -2.58. The van der Waals surface area contributed by atoms with Gasteiger partial charge in [0.05, 0.1) is 24.0 Å². The summed E-state index contributed by atoms with van der Waals surface area (Å²) < 4.78 is 16.8. The van der Waals surface area contributed by atoms with Crippen molar-refractivity contribution < 1.29 is 9.47 Å². The van der Waals surface area contributed by atoms with E-state index >= 15 is 0 Å². The Bertz CT molecular complexity index is 2200. The van der Waals surface area contributed by atoms with Crippen molar-refractivity contribution in [3.05, 3.63) is 151 Å². The van der Waals surface area contributed by atoms with Crippen molar-refractivity contribution in [2.24, 2.45) is 47.3 Å². The second-order valence-electron chi connectivity index (χ2n) is 17.0. The van der Waals surface area contributed by atoms with Gasteiger partial charge in [0, 0.05) is 39.6 Å². The first-order chi connectivity index (χ1) is 26.3. The van der Waals surface area contributed by atoms with Crippen molar-refractivity contribution in [2.45, 2.75) is 75.7 Å². The van der Waals surface area contributed by atoms with Crippen LogP contribution >= 0.6 is 0 Å². The number of para-hydroxylation sites is 1. The zero-order chi connectivity index (χ0) is 34.9. The Balaban J connectivity index is 1.00. The largest absolute Gasteiger partial charge is 0.490 e. The number of hydrogen-bond acceptors (Lipinski definition) is 2. The normalized spacial score (nSPS) is 38.1. The fraction of sp³-hybridized carbons (Fsp3) is 0.400. The van der Waals surface area contributed by atoms with E-state index in [9.17, 15) is 0 Å². The van der Waals surface area contributed by atoms with E-state index in [1.807, 2.05) is 0 Å². The first-order valence-corrected chi connectivity index (χ1v) is 20.8.